The van der Waals surface area contributed by atoms with E-state index in [-0.39, 0.29) is 11.8 Å². The van der Waals surface area contributed by atoms with Crippen molar-refractivity contribution < 1.29 is 10.4 Å². The van der Waals surface area contributed by atoms with Gasteiger partial charge in [0.2, 0.25) is 0 Å². The Kier molecular flexibility index (Phi) is 3.49. The van der Waals surface area contributed by atoms with Crippen LogP contribution >= 0.6 is 0 Å². The van der Waals surface area contributed by atoms with Crippen molar-refractivity contribution >= 4 is 11.4 Å². The third kappa shape index (κ3) is 2.05. The molecule has 4 heteroatoms. The Morgan fingerprint density at radius 1 is 1.14 bits per heavy atom. The van der Waals surface area contributed by atoms with E-state index in [1.54, 1.807) is 0 Å². The van der Waals surface area contributed by atoms with Crippen LogP contribution in [0, 0.1) is 17.8 Å². The van der Waals surface area contributed by atoms with Crippen LogP contribution in [0.25, 0.3) is 0 Å². The molecule has 2 N–H and O–H groups in total. The highest BCUT2D eigenvalue weighted by molar-refractivity contribution is 6.00. The molecule has 1 rings (SSSR count). The van der Waals surface area contributed by atoms with Gasteiger partial charge in [-0.05, 0) is 18.8 Å². The molecule has 0 aliphatic heterocycles. The van der Waals surface area contributed by atoms with Crippen LogP contribution in [-0.2, 0) is 0 Å². The van der Waals surface area contributed by atoms with Crippen molar-refractivity contribution in [1.29, 1.82) is 0 Å². The number of hydrogen-bond donors (Lipinski definition) is 2. The zero-order valence-corrected chi connectivity index (χ0v) is 8.94. The van der Waals surface area contributed by atoms with Gasteiger partial charge in [0.25, 0.3) is 0 Å². The fourth-order valence-corrected chi connectivity index (χ4v) is 2.00. The maximum atomic E-state index is 8.87. The zero-order chi connectivity index (χ0) is 10.7. The van der Waals surface area contributed by atoms with Gasteiger partial charge < -0.3 is 10.4 Å². The number of hydrogen-bond acceptors (Lipinski definition) is 4. The summed E-state index contributed by atoms with van der Waals surface area (Å²) in [6, 6.07) is 0. The van der Waals surface area contributed by atoms with Crippen LogP contribution in [0.4, 0.5) is 0 Å². The van der Waals surface area contributed by atoms with Crippen LogP contribution in [0.5, 0.6) is 0 Å². The number of oxime groups is 2. The Labute approximate surface area is 84.3 Å². The average molecular weight is 198 g/mol. The second-order valence-electron chi connectivity index (χ2n) is 4.34. The summed E-state index contributed by atoms with van der Waals surface area (Å²) in [5.41, 5.74) is 1.65. The lowest BCUT2D eigenvalue weighted by atomic mass is 9.75. The molecule has 14 heavy (non-hydrogen) atoms. The van der Waals surface area contributed by atoms with Gasteiger partial charge in [-0.25, -0.2) is 0 Å². The quantitative estimate of drug-likeness (QED) is 0.501. The summed E-state index contributed by atoms with van der Waals surface area (Å²) in [6.07, 6.45) is 1.40. The summed E-state index contributed by atoms with van der Waals surface area (Å²) in [5.74, 6) is 0.799. The molecule has 0 heterocycles. The van der Waals surface area contributed by atoms with Gasteiger partial charge in [0, 0.05) is 11.8 Å². The molecule has 4 nitrogen and oxygen atoms in total. The summed E-state index contributed by atoms with van der Waals surface area (Å²) in [4.78, 5) is 0. The van der Waals surface area contributed by atoms with Gasteiger partial charge in [0.1, 0.15) is 0 Å². The van der Waals surface area contributed by atoms with E-state index in [1.165, 1.54) is 0 Å². The molecular weight excluding hydrogens is 180 g/mol. The Morgan fingerprint density at radius 2 is 1.71 bits per heavy atom. The maximum absolute atomic E-state index is 8.87. The molecule has 1 aliphatic rings. The van der Waals surface area contributed by atoms with Crippen LogP contribution in [0.2, 0.25) is 0 Å². The molecule has 80 valence electrons. The van der Waals surface area contributed by atoms with Crippen molar-refractivity contribution in [3.8, 4) is 0 Å². The van der Waals surface area contributed by atoms with E-state index in [0.29, 0.717) is 18.8 Å². The molecule has 1 fully saturated rings. The van der Waals surface area contributed by atoms with Crippen molar-refractivity contribution in [2.75, 3.05) is 0 Å². The SMILES string of the molecule is CC(C)[C@@H]1CC(=NO)[C@H](C)CC1=NO. The van der Waals surface area contributed by atoms with Crippen molar-refractivity contribution in [3.05, 3.63) is 0 Å². The summed E-state index contributed by atoms with van der Waals surface area (Å²) in [7, 11) is 0. The summed E-state index contributed by atoms with van der Waals surface area (Å²) in [6.45, 7) is 6.15. The van der Waals surface area contributed by atoms with Crippen LogP contribution in [0.3, 0.4) is 0 Å². The van der Waals surface area contributed by atoms with Crippen LogP contribution in [-0.4, -0.2) is 21.8 Å². The topological polar surface area (TPSA) is 65.2 Å². The fourth-order valence-electron chi connectivity index (χ4n) is 2.00. The number of rotatable bonds is 1. The van der Waals surface area contributed by atoms with Gasteiger partial charge in [-0.3, -0.25) is 0 Å². The van der Waals surface area contributed by atoms with E-state index >= 15 is 0 Å². The van der Waals surface area contributed by atoms with E-state index in [4.69, 9.17) is 10.4 Å². The molecule has 0 spiro atoms. The molecule has 0 bridgehead atoms. The van der Waals surface area contributed by atoms with Gasteiger partial charge in [0.15, 0.2) is 0 Å². The zero-order valence-electron chi connectivity index (χ0n) is 8.94. The molecule has 0 radical (unpaired) electrons. The van der Waals surface area contributed by atoms with E-state index in [2.05, 4.69) is 24.2 Å². The van der Waals surface area contributed by atoms with Crippen molar-refractivity contribution in [2.45, 2.75) is 33.6 Å². The summed E-state index contributed by atoms with van der Waals surface area (Å²) >= 11 is 0. The molecule has 2 atom stereocenters. The molecule has 0 aromatic heterocycles. The van der Waals surface area contributed by atoms with Gasteiger partial charge in [-0.1, -0.05) is 31.1 Å². The minimum atomic E-state index is 0.181. The first-order valence-corrected chi connectivity index (χ1v) is 5.01. The number of nitrogens with zero attached hydrogens (tertiary/aromatic N) is 2. The summed E-state index contributed by atoms with van der Waals surface area (Å²) < 4.78 is 0. The van der Waals surface area contributed by atoms with Crippen LogP contribution < -0.4 is 0 Å². The highest BCUT2D eigenvalue weighted by Crippen LogP contribution is 2.29. The minimum Gasteiger partial charge on any atom is -0.411 e. The molecule has 0 amide bonds. The van der Waals surface area contributed by atoms with Crippen LogP contribution in [0.1, 0.15) is 33.6 Å². The second kappa shape index (κ2) is 4.44. The predicted molar refractivity (Wildman–Crippen MR) is 55.2 cm³/mol. The lowest BCUT2D eigenvalue weighted by Crippen LogP contribution is -2.34. The minimum absolute atomic E-state index is 0.181. The smallest absolute Gasteiger partial charge is 0.0614 e. The lowest BCUT2D eigenvalue weighted by molar-refractivity contribution is 0.298. The molecule has 0 saturated heterocycles. The third-order valence-electron chi connectivity index (χ3n) is 3.00. The normalized spacial score (nSPS) is 34.3. The first-order valence-electron chi connectivity index (χ1n) is 5.01. The Bertz CT molecular complexity index is 259. The van der Waals surface area contributed by atoms with E-state index < -0.39 is 0 Å². The lowest BCUT2D eigenvalue weighted by Gasteiger charge is -2.30. The largest absolute Gasteiger partial charge is 0.411 e. The predicted octanol–water partition coefficient (Wildman–Crippen LogP) is 2.35. The standard InChI is InChI=1S/C10H18N2O2/c1-6(2)8-5-9(11-13)7(3)4-10(8)12-14/h6-8,13-14H,4-5H2,1-3H3/t7-,8+/m1/s1. The van der Waals surface area contributed by atoms with Gasteiger partial charge >= 0.3 is 0 Å². The molecule has 0 unspecified atom stereocenters. The molecule has 1 saturated carbocycles. The van der Waals surface area contributed by atoms with Gasteiger partial charge in [-0.2, -0.15) is 0 Å². The van der Waals surface area contributed by atoms with E-state index in [0.717, 1.165) is 11.4 Å². The van der Waals surface area contributed by atoms with Crippen molar-refractivity contribution in [1.82, 2.24) is 0 Å². The van der Waals surface area contributed by atoms with Crippen LogP contribution in [0.15, 0.2) is 10.3 Å². The molecular formula is C10H18N2O2. The van der Waals surface area contributed by atoms with Gasteiger partial charge in [-0.15, -0.1) is 0 Å². The first kappa shape index (κ1) is 11.0. The maximum Gasteiger partial charge on any atom is 0.0614 e. The van der Waals surface area contributed by atoms with Crippen molar-refractivity contribution in [2.24, 2.45) is 28.1 Å². The van der Waals surface area contributed by atoms with Gasteiger partial charge in [0.05, 0.1) is 11.4 Å². The fraction of sp³-hybridized carbons (Fsp3) is 0.800. The third-order valence-corrected chi connectivity index (χ3v) is 3.00. The van der Waals surface area contributed by atoms with E-state index in [1.807, 2.05) is 6.92 Å². The molecule has 1 aliphatic carbocycles. The second-order valence-corrected chi connectivity index (χ2v) is 4.34. The Hall–Kier alpha value is -1.06. The molecule has 0 aromatic carbocycles. The Morgan fingerprint density at radius 3 is 2.14 bits per heavy atom. The first-order chi connectivity index (χ1) is 6.60. The van der Waals surface area contributed by atoms with Crippen molar-refractivity contribution in [3.63, 3.8) is 0 Å². The monoisotopic (exact) mass is 198 g/mol. The average Bonchev–Trinajstić information content (AvgIpc) is 2.16. The van der Waals surface area contributed by atoms with E-state index in [9.17, 15) is 0 Å². The highest BCUT2D eigenvalue weighted by Gasteiger charge is 2.31. The molecule has 0 aromatic rings. The Balaban J connectivity index is 2.85. The summed E-state index contributed by atoms with van der Waals surface area (Å²) in [5, 5.41) is 24.3. The highest BCUT2D eigenvalue weighted by atomic mass is 16.4.